The Labute approximate surface area is 118 Å². The van der Waals surface area contributed by atoms with Gasteiger partial charge in [-0.3, -0.25) is 0 Å². The summed E-state index contributed by atoms with van der Waals surface area (Å²) in [4.78, 5) is 12.2. The molecule has 1 aliphatic rings. The Morgan fingerprint density at radius 1 is 1.37 bits per heavy atom. The summed E-state index contributed by atoms with van der Waals surface area (Å²) in [6.45, 7) is 0.809. The smallest absolute Gasteiger partial charge is 0.111 e. The van der Waals surface area contributed by atoms with Gasteiger partial charge in [0.1, 0.15) is 5.01 Å². The number of imidazole rings is 1. The monoisotopic (exact) mass is 290 g/mol. The van der Waals surface area contributed by atoms with Crippen LogP contribution in [0.25, 0.3) is 10.2 Å². The number of hydrogen-bond donors (Lipinski definition) is 2. The van der Waals surface area contributed by atoms with E-state index in [1.807, 2.05) is 18.2 Å². The highest BCUT2D eigenvalue weighted by Crippen LogP contribution is 2.34. The maximum atomic E-state index is 6.21. The summed E-state index contributed by atoms with van der Waals surface area (Å²) in [5.41, 5.74) is 3.28. The molecule has 1 aliphatic heterocycles. The standard InChI is InChI=1S/C13H11ClN4S/c14-7-2-1-3-8-12(7)19-13(18-8)10-4-9-11(5-15-10)17-6-16-9/h1-3,6,10,15H,4-5H2,(H,16,17). The first-order valence-corrected chi connectivity index (χ1v) is 7.30. The average molecular weight is 291 g/mol. The van der Waals surface area contributed by atoms with Gasteiger partial charge >= 0.3 is 0 Å². The second-order valence-corrected chi connectivity index (χ2v) is 6.04. The summed E-state index contributed by atoms with van der Waals surface area (Å²) in [5.74, 6) is 0. The maximum absolute atomic E-state index is 6.21. The number of rotatable bonds is 1. The normalized spacial score (nSPS) is 18.7. The number of thiazole rings is 1. The van der Waals surface area contributed by atoms with E-state index in [1.54, 1.807) is 17.7 Å². The van der Waals surface area contributed by atoms with Crippen molar-refractivity contribution in [2.24, 2.45) is 0 Å². The Bertz CT molecular complexity index is 748. The van der Waals surface area contributed by atoms with Crippen molar-refractivity contribution >= 4 is 33.2 Å². The van der Waals surface area contributed by atoms with Crippen molar-refractivity contribution in [3.05, 3.63) is 45.9 Å². The van der Waals surface area contributed by atoms with Crippen LogP contribution in [0.4, 0.5) is 0 Å². The van der Waals surface area contributed by atoms with Crippen LogP contribution in [0.2, 0.25) is 5.02 Å². The Balaban J connectivity index is 1.74. The lowest BCUT2D eigenvalue weighted by Gasteiger charge is -2.20. The third-order valence-corrected chi connectivity index (χ3v) is 5.06. The molecule has 0 spiro atoms. The minimum atomic E-state index is 0.226. The van der Waals surface area contributed by atoms with Crippen LogP contribution in [-0.2, 0) is 13.0 Å². The molecule has 0 amide bonds. The number of halogens is 1. The fourth-order valence-corrected chi connectivity index (χ4v) is 3.76. The van der Waals surface area contributed by atoms with Gasteiger partial charge < -0.3 is 10.3 Å². The van der Waals surface area contributed by atoms with Gasteiger partial charge in [0.25, 0.3) is 0 Å². The van der Waals surface area contributed by atoms with Gasteiger partial charge in [0.05, 0.1) is 39.0 Å². The maximum Gasteiger partial charge on any atom is 0.111 e. The van der Waals surface area contributed by atoms with Crippen molar-refractivity contribution in [1.29, 1.82) is 0 Å². The van der Waals surface area contributed by atoms with E-state index in [4.69, 9.17) is 11.6 Å². The Hall–Kier alpha value is -1.43. The van der Waals surface area contributed by atoms with Gasteiger partial charge in [-0.15, -0.1) is 11.3 Å². The van der Waals surface area contributed by atoms with Gasteiger partial charge in [-0.1, -0.05) is 17.7 Å². The fourth-order valence-electron chi connectivity index (χ4n) is 2.43. The lowest BCUT2D eigenvalue weighted by molar-refractivity contribution is 0.488. The van der Waals surface area contributed by atoms with Crippen LogP contribution in [0, 0.1) is 0 Å². The number of H-pyrrole nitrogens is 1. The van der Waals surface area contributed by atoms with Crippen molar-refractivity contribution in [2.75, 3.05) is 0 Å². The molecule has 96 valence electrons. The number of benzene rings is 1. The third-order valence-electron chi connectivity index (χ3n) is 3.41. The van der Waals surface area contributed by atoms with E-state index in [0.717, 1.165) is 38.9 Å². The Morgan fingerprint density at radius 3 is 3.21 bits per heavy atom. The topological polar surface area (TPSA) is 53.6 Å². The lowest BCUT2D eigenvalue weighted by Crippen LogP contribution is -2.28. The van der Waals surface area contributed by atoms with E-state index in [1.165, 1.54) is 5.69 Å². The second-order valence-electron chi connectivity index (χ2n) is 4.61. The molecule has 4 nitrogen and oxygen atoms in total. The second kappa shape index (κ2) is 4.30. The summed E-state index contributed by atoms with van der Waals surface area (Å²) in [6, 6.07) is 6.08. The van der Waals surface area contributed by atoms with Crippen LogP contribution < -0.4 is 5.32 Å². The van der Waals surface area contributed by atoms with Crippen LogP contribution in [0.3, 0.4) is 0 Å². The van der Waals surface area contributed by atoms with Crippen molar-refractivity contribution in [3.8, 4) is 0 Å². The predicted molar refractivity (Wildman–Crippen MR) is 76.5 cm³/mol. The zero-order valence-electron chi connectivity index (χ0n) is 9.98. The van der Waals surface area contributed by atoms with Crippen molar-refractivity contribution in [2.45, 2.75) is 19.0 Å². The highest BCUT2D eigenvalue weighted by Gasteiger charge is 2.24. The predicted octanol–water partition coefficient (Wildman–Crippen LogP) is 3.06. The van der Waals surface area contributed by atoms with Crippen LogP contribution >= 0.6 is 22.9 Å². The van der Waals surface area contributed by atoms with E-state index in [2.05, 4.69) is 20.3 Å². The molecule has 19 heavy (non-hydrogen) atoms. The summed E-state index contributed by atoms with van der Waals surface area (Å²) >= 11 is 7.87. The largest absolute Gasteiger partial charge is 0.347 e. The number of hydrogen-bond acceptors (Lipinski definition) is 4. The summed E-state index contributed by atoms with van der Waals surface area (Å²) in [7, 11) is 0. The van der Waals surface area contributed by atoms with E-state index in [0.29, 0.717) is 0 Å². The molecule has 3 heterocycles. The summed E-state index contributed by atoms with van der Waals surface area (Å²) in [5, 5.41) is 5.35. The van der Waals surface area contributed by atoms with Crippen molar-refractivity contribution < 1.29 is 0 Å². The molecule has 1 unspecified atom stereocenters. The van der Waals surface area contributed by atoms with E-state index < -0.39 is 0 Å². The Morgan fingerprint density at radius 2 is 2.32 bits per heavy atom. The number of nitrogens with one attached hydrogen (secondary N) is 2. The minimum Gasteiger partial charge on any atom is -0.347 e. The van der Waals surface area contributed by atoms with Crippen molar-refractivity contribution in [3.63, 3.8) is 0 Å². The number of fused-ring (bicyclic) bond motifs is 2. The molecule has 4 rings (SSSR count). The van der Waals surface area contributed by atoms with Gasteiger partial charge in [0.15, 0.2) is 0 Å². The molecule has 0 saturated carbocycles. The molecule has 0 saturated heterocycles. The van der Waals surface area contributed by atoms with Crippen LogP contribution in [0.15, 0.2) is 24.5 Å². The SMILES string of the molecule is Clc1cccc2nc(C3Cc4nc[nH]c4CN3)sc12. The number of aromatic nitrogens is 3. The summed E-state index contributed by atoms with van der Waals surface area (Å²) in [6.07, 6.45) is 2.63. The zero-order chi connectivity index (χ0) is 12.8. The minimum absolute atomic E-state index is 0.226. The van der Waals surface area contributed by atoms with Gasteiger partial charge in [-0.2, -0.15) is 0 Å². The average Bonchev–Trinajstić information content (AvgIpc) is 3.04. The van der Waals surface area contributed by atoms with Crippen molar-refractivity contribution in [1.82, 2.24) is 20.3 Å². The van der Waals surface area contributed by atoms with E-state index in [-0.39, 0.29) is 6.04 Å². The molecule has 0 fully saturated rings. The van der Waals surface area contributed by atoms with Gasteiger partial charge in [0, 0.05) is 13.0 Å². The van der Waals surface area contributed by atoms with Gasteiger partial charge in [0.2, 0.25) is 0 Å². The quantitative estimate of drug-likeness (QED) is 0.724. The molecule has 2 aromatic heterocycles. The molecule has 1 aromatic carbocycles. The van der Waals surface area contributed by atoms with Gasteiger partial charge in [-0.25, -0.2) is 9.97 Å². The highest BCUT2D eigenvalue weighted by atomic mass is 35.5. The molecular formula is C13H11ClN4S. The van der Waals surface area contributed by atoms with Crippen LogP contribution in [0.5, 0.6) is 0 Å². The van der Waals surface area contributed by atoms with E-state index in [9.17, 15) is 0 Å². The first-order valence-electron chi connectivity index (χ1n) is 6.11. The number of nitrogens with zero attached hydrogens (tertiary/aromatic N) is 2. The first kappa shape index (κ1) is 11.4. The summed E-state index contributed by atoms with van der Waals surface area (Å²) < 4.78 is 1.06. The molecule has 0 aliphatic carbocycles. The third kappa shape index (κ3) is 1.85. The highest BCUT2D eigenvalue weighted by molar-refractivity contribution is 7.19. The molecular weight excluding hydrogens is 280 g/mol. The first-order chi connectivity index (χ1) is 9.31. The van der Waals surface area contributed by atoms with Crippen LogP contribution in [-0.4, -0.2) is 15.0 Å². The zero-order valence-corrected chi connectivity index (χ0v) is 11.6. The lowest BCUT2D eigenvalue weighted by atomic mass is 10.1. The molecule has 0 bridgehead atoms. The molecule has 6 heteroatoms. The molecule has 0 radical (unpaired) electrons. The number of aromatic amines is 1. The fraction of sp³-hybridized carbons (Fsp3) is 0.231. The Kier molecular flexibility index (Phi) is 2.58. The van der Waals surface area contributed by atoms with Gasteiger partial charge in [-0.05, 0) is 12.1 Å². The van der Waals surface area contributed by atoms with E-state index >= 15 is 0 Å². The molecule has 3 aromatic rings. The molecule has 1 atom stereocenters. The van der Waals surface area contributed by atoms with Crippen LogP contribution in [0.1, 0.15) is 22.4 Å². The molecule has 2 N–H and O–H groups in total.